The zero-order chi connectivity index (χ0) is 26.8. The molecule has 7 heteroatoms. The van der Waals surface area contributed by atoms with Crippen LogP contribution in [0.4, 0.5) is 11.4 Å². The molecule has 4 aromatic carbocycles. The maximum atomic E-state index is 13.7. The van der Waals surface area contributed by atoms with E-state index in [1.165, 1.54) is 0 Å². The first kappa shape index (κ1) is 26.1. The summed E-state index contributed by atoms with van der Waals surface area (Å²) in [6.45, 7) is 2.39. The number of benzene rings is 4. The molecule has 0 saturated heterocycles. The van der Waals surface area contributed by atoms with E-state index in [-0.39, 0.29) is 11.3 Å². The number of anilines is 2. The number of hydrogen-bond acceptors (Lipinski definition) is 4. The average molecular weight is 547 g/mol. The van der Waals surface area contributed by atoms with Gasteiger partial charge in [-0.15, -0.1) is 0 Å². The lowest BCUT2D eigenvalue weighted by atomic mass is 9.89. The molecule has 5 nitrogen and oxygen atoms in total. The zero-order valence-electron chi connectivity index (χ0n) is 20.9. The summed E-state index contributed by atoms with van der Waals surface area (Å²) in [6.07, 6.45) is -0.321. The van der Waals surface area contributed by atoms with E-state index in [2.05, 4.69) is 5.32 Å². The van der Waals surface area contributed by atoms with Gasteiger partial charge in [-0.3, -0.25) is 4.79 Å². The van der Waals surface area contributed by atoms with E-state index in [4.69, 9.17) is 23.2 Å². The van der Waals surface area contributed by atoms with Crippen molar-refractivity contribution in [1.29, 1.82) is 0 Å². The van der Waals surface area contributed by atoms with Crippen molar-refractivity contribution in [2.75, 3.05) is 16.8 Å². The standard InChI is InChI=1S/C31H28Cl2N2O3/c1-2-16-35-26-9-5-8-24(33)27(26)30(37)28(31(35)38)29(36)25(17-19-10-13-22(32)14-11-19)34-23-15-12-20-6-3-4-7-21(20)18-23/h3-15,18,25,30,34,36-37H,2,16-17H2,1H3. The Bertz CT molecular complexity index is 1520. The molecule has 1 amide bonds. The van der Waals surface area contributed by atoms with Crippen LogP contribution in [0, 0.1) is 0 Å². The van der Waals surface area contributed by atoms with Gasteiger partial charge in [0.1, 0.15) is 11.9 Å². The van der Waals surface area contributed by atoms with E-state index in [0.717, 1.165) is 22.0 Å². The lowest BCUT2D eigenvalue weighted by Crippen LogP contribution is -2.41. The van der Waals surface area contributed by atoms with Crippen LogP contribution in [0.5, 0.6) is 0 Å². The number of carbonyl (C=O) groups is 1. The van der Waals surface area contributed by atoms with Crippen LogP contribution < -0.4 is 10.2 Å². The normalized spacial score (nSPS) is 17.3. The van der Waals surface area contributed by atoms with E-state index < -0.39 is 18.1 Å². The summed E-state index contributed by atoms with van der Waals surface area (Å²) in [5.74, 6) is -0.662. The smallest absolute Gasteiger partial charge is 0.260 e. The zero-order valence-corrected chi connectivity index (χ0v) is 22.4. The molecule has 2 unspecified atom stereocenters. The van der Waals surface area contributed by atoms with Gasteiger partial charge in [-0.1, -0.05) is 78.7 Å². The highest BCUT2D eigenvalue weighted by Crippen LogP contribution is 2.43. The van der Waals surface area contributed by atoms with Gasteiger partial charge in [0.25, 0.3) is 5.91 Å². The van der Waals surface area contributed by atoms with E-state index in [0.29, 0.717) is 40.7 Å². The third-order valence-electron chi connectivity index (χ3n) is 6.84. The van der Waals surface area contributed by atoms with Gasteiger partial charge in [0.2, 0.25) is 0 Å². The van der Waals surface area contributed by atoms with E-state index in [9.17, 15) is 15.0 Å². The second-order valence-electron chi connectivity index (χ2n) is 9.42. The highest BCUT2D eigenvalue weighted by atomic mass is 35.5. The summed E-state index contributed by atoms with van der Waals surface area (Å²) in [6, 6.07) is 25.8. The van der Waals surface area contributed by atoms with Gasteiger partial charge in [0.15, 0.2) is 0 Å². The van der Waals surface area contributed by atoms with Crippen LogP contribution in [0.15, 0.2) is 96.3 Å². The van der Waals surface area contributed by atoms with Crippen molar-refractivity contribution in [1.82, 2.24) is 0 Å². The number of nitrogens with one attached hydrogen (secondary N) is 1. The number of halogens is 2. The number of amides is 1. The molecular formula is C31H28Cl2N2O3. The molecule has 0 radical (unpaired) electrons. The topological polar surface area (TPSA) is 72.8 Å². The number of hydrogen-bond donors (Lipinski definition) is 3. The highest BCUT2D eigenvalue weighted by molar-refractivity contribution is 6.32. The molecule has 4 aromatic rings. The molecule has 3 N–H and O–H groups in total. The van der Waals surface area contributed by atoms with Gasteiger partial charge in [-0.05, 0) is 65.6 Å². The lowest BCUT2D eigenvalue weighted by Gasteiger charge is -2.35. The molecule has 0 aliphatic carbocycles. The molecule has 2 atom stereocenters. The Kier molecular flexibility index (Phi) is 7.61. The van der Waals surface area contributed by atoms with Crippen molar-refractivity contribution < 1.29 is 15.0 Å². The summed E-state index contributed by atoms with van der Waals surface area (Å²) in [7, 11) is 0. The van der Waals surface area contributed by atoms with Crippen molar-refractivity contribution in [3.8, 4) is 0 Å². The summed E-state index contributed by atoms with van der Waals surface area (Å²) in [5.41, 5.74) is 2.58. The summed E-state index contributed by atoms with van der Waals surface area (Å²) in [5, 5.41) is 29.6. The molecule has 194 valence electrons. The molecule has 1 aliphatic heterocycles. The van der Waals surface area contributed by atoms with Crippen LogP contribution in [-0.4, -0.2) is 28.7 Å². The SMILES string of the molecule is CCCN1C(=O)C(=C(O)C(Cc2ccc(Cl)cc2)Nc2ccc3ccccc3c2)C(O)c2c(Cl)cccc21. The monoisotopic (exact) mass is 546 g/mol. The van der Waals surface area contributed by atoms with Crippen LogP contribution in [0.3, 0.4) is 0 Å². The fraction of sp³-hybridized carbons (Fsp3) is 0.194. The Balaban J connectivity index is 1.61. The molecule has 5 rings (SSSR count). The maximum absolute atomic E-state index is 13.7. The van der Waals surface area contributed by atoms with Gasteiger partial charge in [0, 0.05) is 27.8 Å². The number of carbonyl (C=O) groups excluding carboxylic acids is 1. The molecule has 1 aliphatic rings. The fourth-order valence-corrected chi connectivity index (χ4v) is 5.38. The van der Waals surface area contributed by atoms with Crippen molar-refractivity contribution in [3.63, 3.8) is 0 Å². The van der Waals surface area contributed by atoms with Crippen molar-refractivity contribution >= 4 is 51.3 Å². The molecular weight excluding hydrogens is 519 g/mol. The molecule has 0 bridgehead atoms. The largest absolute Gasteiger partial charge is 0.509 e. The second kappa shape index (κ2) is 11.1. The third kappa shape index (κ3) is 5.10. The molecule has 0 spiro atoms. The van der Waals surface area contributed by atoms with Gasteiger partial charge >= 0.3 is 0 Å². The van der Waals surface area contributed by atoms with Gasteiger partial charge < -0.3 is 20.4 Å². The van der Waals surface area contributed by atoms with Crippen molar-refractivity contribution in [2.45, 2.75) is 31.9 Å². The lowest BCUT2D eigenvalue weighted by molar-refractivity contribution is -0.116. The Hall–Kier alpha value is -3.51. The quantitative estimate of drug-likeness (QED) is 0.166. The molecule has 0 saturated carbocycles. The summed E-state index contributed by atoms with van der Waals surface area (Å²) in [4.78, 5) is 15.3. The number of aliphatic hydroxyl groups is 2. The molecule has 0 fully saturated rings. The fourth-order valence-electron chi connectivity index (χ4n) is 4.98. The van der Waals surface area contributed by atoms with Crippen LogP contribution in [0.1, 0.15) is 30.6 Å². The first-order valence-electron chi connectivity index (χ1n) is 12.6. The number of nitrogens with zero attached hydrogens (tertiary/aromatic N) is 1. The van der Waals surface area contributed by atoms with Gasteiger partial charge in [-0.2, -0.15) is 0 Å². The Morgan fingerprint density at radius 1 is 0.974 bits per heavy atom. The summed E-state index contributed by atoms with van der Waals surface area (Å²) < 4.78 is 0. The Morgan fingerprint density at radius 3 is 2.45 bits per heavy atom. The van der Waals surface area contributed by atoms with Crippen LogP contribution in [-0.2, 0) is 11.2 Å². The Labute approximate surface area is 231 Å². The minimum atomic E-state index is -1.37. The maximum Gasteiger partial charge on any atom is 0.260 e. The minimum Gasteiger partial charge on any atom is -0.509 e. The Morgan fingerprint density at radius 2 is 1.71 bits per heavy atom. The van der Waals surface area contributed by atoms with Crippen molar-refractivity contribution in [2.24, 2.45) is 0 Å². The molecule has 1 heterocycles. The number of rotatable bonds is 7. The minimum absolute atomic E-state index is 0.0775. The van der Waals surface area contributed by atoms with Crippen LogP contribution in [0.25, 0.3) is 10.8 Å². The highest BCUT2D eigenvalue weighted by Gasteiger charge is 2.39. The molecule has 0 aromatic heterocycles. The summed E-state index contributed by atoms with van der Waals surface area (Å²) >= 11 is 12.6. The average Bonchev–Trinajstić information content (AvgIpc) is 2.91. The van der Waals surface area contributed by atoms with E-state index in [1.54, 1.807) is 35.2 Å². The van der Waals surface area contributed by atoms with Crippen molar-refractivity contribution in [3.05, 3.63) is 117 Å². The molecule has 38 heavy (non-hydrogen) atoms. The first-order chi connectivity index (χ1) is 18.4. The number of aliphatic hydroxyl groups excluding tert-OH is 2. The second-order valence-corrected chi connectivity index (χ2v) is 10.3. The predicted molar refractivity (Wildman–Crippen MR) is 155 cm³/mol. The van der Waals surface area contributed by atoms with Crippen LogP contribution in [0.2, 0.25) is 10.0 Å². The van der Waals surface area contributed by atoms with E-state index >= 15 is 0 Å². The van der Waals surface area contributed by atoms with Gasteiger partial charge in [-0.25, -0.2) is 0 Å². The number of fused-ring (bicyclic) bond motifs is 2. The van der Waals surface area contributed by atoms with Crippen LogP contribution >= 0.6 is 23.2 Å². The van der Waals surface area contributed by atoms with Gasteiger partial charge in [0.05, 0.1) is 17.3 Å². The predicted octanol–water partition coefficient (Wildman–Crippen LogP) is 7.47. The third-order valence-corrected chi connectivity index (χ3v) is 7.42. The first-order valence-corrected chi connectivity index (χ1v) is 13.3. The van der Waals surface area contributed by atoms with E-state index in [1.807, 2.05) is 61.5 Å².